The number of carbonyl (C=O) groups excluding carboxylic acids is 1. The number of ether oxygens (including phenoxy) is 1. The molecule has 2 amide bonds. The van der Waals surface area contributed by atoms with Crippen molar-refractivity contribution in [2.75, 3.05) is 48.3 Å². The Hall–Kier alpha value is -4.02. The zero-order valence-electron chi connectivity index (χ0n) is 21.4. The summed E-state index contributed by atoms with van der Waals surface area (Å²) >= 11 is 0. The van der Waals surface area contributed by atoms with E-state index in [1.54, 1.807) is 0 Å². The first-order chi connectivity index (χ1) is 18.6. The second-order valence-electron chi connectivity index (χ2n) is 9.83. The number of fused-ring (bicyclic) bond motifs is 1. The van der Waals surface area contributed by atoms with E-state index in [0.29, 0.717) is 24.2 Å². The molecule has 2 aromatic carbocycles. The lowest BCUT2D eigenvalue weighted by molar-refractivity contribution is 0.0530. The third-order valence-electron chi connectivity index (χ3n) is 7.06. The van der Waals surface area contributed by atoms with Crippen LogP contribution in [0.5, 0.6) is 0 Å². The van der Waals surface area contributed by atoms with E-state index >= 15 is 0 Å². The Morgan fingerprint density at radius 1 is 1.00 bits per heavy atom. The Morgan fingerprint density at radius 2 is 1.74 bits per heavy atom. The highest BCUT2D eigenvalue weighted by Crippen LogP contribution is 2.32. The molecule has 3 N–H and O–H groups in total. The molecule has 2 saturated heterocycles. The van der Waals surface area contributed by atoms with Crippen LogP contribution >= 0.6 is 0 Å². The molecule has 10 nitrogen and oxygen atoms in total. The van der Waals surface area contributed by atoms with E-state index in [0.717, 1.165) is 67.1 Å². The predicted molar refractivity (Wildman–Crippen MR) is 149 cm³/mol. The topological polar surface area (TPSA) is 109 Å². The first-order valence-corrected chi connectivity index (χ1v) is 13.2. The van der Waals surface area contributed by atoms with Crippen LogP contribution in [0.1, 0.15) is 25.8 Å². The van der Waals surface area contributed by atoms with Gasteiger partial charge in [-0.15, -0.1) is 0 Å². The van der Waals surface area contributed by atoms with Gasteiger partial charge in [0.15, 0.2) is 11.5 Å². The van der Waals surface area contributed by atoms with E-state index in [4.69, 9.17) is 19.8 Å². The average Bonchev–Trinajstić information content (AvgIpc) is 3.38. The molecule has 0 spiro atoms. The van der Waals surface area contributed by atoms with Crippen LogP contribution < -0.4 is 20.9 Å². The SMILES string of the molecule is CC1CN(c2nc(-c3ccc(NC(=O)Nc4ccccc4)cc3)nc3c2cnn3C2CCNCC2)CCO1. The highest BCUT2D eigenvalue weighted by atomic mass is 16.5. The molecule has 0 aliphatic carbocycles. The minimum absolute atomic E-state index is 0.129. The van der Waals surface area contributed by atoms with Crippen LogP contribution in [0.2, 0.25) is 0 Å². The van der Waals surface area contributed by atoms with Crippen LogP contribution in [0.25, 0.3) is 22.4 Å². The molecular formula is C28H32N8O2. The summed E-state index contributed by atoms with van der Waals surface area (Å²) in [5, 5.41) is 14.9. The van der Waals surface area contributed by atoms with E-state index in [-0.39, 0.29) is 12.1 Å². The van der Waals surface area contributed by atoms with E-state index in [1.165, 1.54) is 0 Å². The minimum Gasteiger partial charge on any atom is -0.375 e. The number of aromatic nitrogens is 4. The van der Waals surface area contributed by atoms with Crippen molar-refractivity contribution >= 4 is 34.3 Å². The monoisotopic (exact) mass is 512 g/mol. The number of urea groups is 1. The number of benzene rings is 2. The van der Waals surface area contributed by atoms with E-state index < -0.39 is 0 Å². The van der Waals surface area contributed by atoms with Crippen LogP contribution in [0.15, 0.2) is 60.8 Å². The summed E-state index contributed by atoms with van der Waals surface area (Å²) in [6.07, 6.45) is 4.08. The maximum atomic E-state index is 12.4. The number of nitrogens with one attached hydrogen (secondary N) is 3. The van der Waals surface area contributed by atoms with Gasteiger partial charge in [0, 0.05) is 30.0 Å². The van der Waals surface area contributed by atoms with Crippen LogP contribution in [0, 0.1) is 0 Å². The molecular weight excluding hydrogens is 480 g/mol. The summed E-state index contributed by atoms with van der Waals surface area (Å²) in [6.45, 7) is 6.24. The number of morpholine rings is 1. The summed E-state index contributed by atoms with van der Waals surface area (Å²) in [5.74, 6) is 1.53. The summed E-state index contributed by atoms with van der Waals surface area (Å²) in [6, 6.07) is 17.0. The Morgan fingerprint density at radius 3 is 2.47 bits per heavy atom. The maximum Gasteiger partial charge on any atom is 0.323 e. The van der Waals surface area contributed by atoms with Gasteiger partial charge in [-0.25, -0.2) is 19.4 Å². The van der Waals surface area contributed by atoms with Crippen molar-refractivity contribution in [3.05, 3.63) is 60.8 Å². The largest absolute Gasteiger partial charge is 0.375 e. The second-order valence-corrected chi connectivity index (χ2v) is 9.83. The highest BCUT2D eigenvalue weighted by Gasteiger charge is 2.25. The van der Waals surface area contributed by atoms with Crippen molar-refractivity contribution in [2.45, 2.75) is 31.9 Å². The first-order valence-electron chi connectivity index (χ1n) is 13.2. The van der Waals surface area contributed by atoms with Gasteiger partial charge in [-0.05, 0) is 69.3 Å². The number of anilines is 3. The molecule has 2 aliphatic rings. The van der Waals surface area contributed by atoms with E-state index in [2.05, 4.69) is 32.5 Å². The van der Waals surface area contributed by atoms with Crippen LogP contribution in [0.4, 0.5) is 22.0 Å². The van der Waals surface area contributed by atoms with Gasteiger partial charge in [0.1, 0.15) is 5.82 Å². The summed E-state index contributed by atoms with van der Waals surface area (Å²) < 4.78 is 7.87. The smallest absolute Gasteiger partial charge is 0.323 e. The molecule has 0 saturated carbocycles. The third-order valence-corrected chi connectivity index (χ3v) is 7.06. The number of carbonyl (C=O) groups is 1. The molecule has 2 aromatic heterocycles. The number of rotatable bonds is 5. The standard InChI is InChI=1S/C28H32N8O2/c1-19-18-35(15-16-38-19)26-24-17-30-36(23-11-13-29-14-12-23)27(24)34-25(33-26)20-7-9-22(10-8-20)32-28(37)31-21-5-3-2-4-6-21/h2-10,17,19,23,29H,11-16,18H2,1H3,(H2,31,32,37). The number of hydrogen-bond acceptors (Lipinski definition) is 7. The molecule has 4 aromatic rings. The lowest BCUT2D eigenvalue weighted by Gasteiger charge is -2.32. The van der Waals surface area contributed by atoms with Crippen molar-refractivity contribution in [1.82, 2.24) is 25.1 Å². The number of nitrogens with zero attached hydrogens (tertiary/aromatic N) is 5. The molecule has 196 valence electrons. The summed E-state index contributed by atoms with van der Waals surface area (Å²) in [7, 11) is 0. The molecule has 0 radical (unpaired) electrons. The normalized spacial score (nSPS) is 18.4. The Balaban J connectivity index is 1.30. The second kappa shape index (κ2) is 10.8. The maximum absolute atomic E-state index is 12.4. The zero-order valence-corrected chi connectivity index (χ0v) is 21.4. The van der Waals surface area contributed by atoms with Gasteiger partial charge in [0.25, 0.3) is 0 Å². The highest BCUT2D eigenvalue weighted by molar-refractivity contribution is 5.99. The average molecular weight is 513 g/mol. The Labute approximate surface area is 221 Å². The zero-order chi connectivity index (χ0) is 25.9. The summed E-state index contributed by atoms with van der Waals surface area (Å²) in [5.41, 5.74) is 3.16. The molecule has 6 rings (SSSR count). The molecule has 38 heavy (non-hydrogen) atoms. The van der Waals surface area contributed by atoms with Gasteiger partial charge in [-0.3, -0.25) is 0 Å². The van der Waals surface area contributed by atoms with Crippen molar-refractivity contribution in [2.24, 2.45) is 0 Å². The van der Waals surface area contributed by atoms with Crippen LogP contribution in [-0.2, 0) is 4.74 Å². The summed E-state index contributed by atoms with van der Waals surface area (Å²) in [4.78, 5) is 24.7. The van der Waals surface area contributed by atoms with Gasteiger partial charge >= 0.3 is 6.03 Å². The molecule has 1 atom stereocenters. The molecule has 2 aliphatic heterocycles. The fraction of sp³-hybridized carbons (Fsp3) is 0.357. The molecule has 0 bridgehead atoms. The van der Waals surface area contributed by atoms with Gasteiger partial charge < -0.3 is 25.6 Å². The fourth-order valence-corrected chi connectivity index (χ4v) is 5.13. The molecule has 4 heterocycles. The van der Waals surface area contributed by atoms with E-state index in [1.807, 2.05) is 60.8 Å². The van der Waals surface area contributed by atoms with Gasteiger partial charge in [0.2, 0.25) is 0 Å². The van der Waals surface area contributed by atoms with E-state index in [9.17, 15) is 4.79 Å². The van der Waals surface area contributed by atoms with Crippen LogP contribution in [-0.4, -0.2) is 64.7 Å². The van der Waals surface area contributed by atoms with Crippen molar-refractivity contribution in [3.8, 4) is 11.4 Å². The van der Waals surface area contributed by atoms with Gasteiger partial charge in [-0.1, -0.05) is 18.2 Å². The first kappa shape index (κ1) is 24.3. The molecule has 10 heteroatoms. The van der Waals surface area contributed by atoms with Crippen molar-refractivity contribution in [3.63, 3.8) is 0 Å². The van der Waals surface area contributed by atoms with Gasteiger partial charge in [0.05, 0.1) is 30.3 Å². The van der Waals surface area contributed by atoms with Crippen molar-refractivity contribution in [1.29, 1.82) is 0 Å². The minimum atomic E-state index is -0.295. The van der Waals surface area contributed by atoms with Gasteiger partial charge in [-0.2, -0.15) is 5.10 Å². The number of piperidine rings is 1. The Kier molecular flexibility index (Phi) is 6.89. The quantitative estimate of drug-likeness (QED) is 0.366. The lowest BCUT2D eigenvalue weighted by atomic mass is 10.1. The predicted octanol–water partition coefficient (Wildman–Crippen LogP) is 4.29. The van der Waals surface area contributed by atoms with Crippen molar-refractivity contribution < 1.29 is 9.53 Å². The third kappa shape index (κ3) is 5.18. The number of hydrogen-bond donors (Lipinski definition) is 3. The van der Waals surface area contributed by atoms with Crippen LogP contribution in [0.3, 0.4) is 0 Å². The number of amides is 2. The molecule has 1 unspecified atom stereocenters. The fourth-order valence-electron chi connectivity index (χ4n) is 5.13. The number of para-hydroxylation sites is 1. The molecule has 2 fully saturated rings. The lowest BCUT2D eigenvalue weighted by Crippen LogP contribution is -2.41. The Bertz CT molecular complexity index is 1400.